The highest BCUT2D eigenvalue weighted by atomic mass is 35.5. The summed E-state index contributed by atoms with van der Waals surface area (Å²) in [6.45, 7) is 3.63. The molecule has 0 aliphatic heterocycles. The van der Waals surface area contributed by atoms with Gasteiger partial charge in [0.2, 0.25) is 0 Å². The van der Waals surface area contributed by atoms with E-state index < -0.39 is 0 Å². The molecule has 0 aromatic heterocycles. The average molecular weight is 227 g/mol. The summed E-state index contributed by atoms with van der Waals surface area (Å²) < 4.78 is 5.56. The summed E-state index contributed by atoms with van der Waals surface area (Å²) in [5.41, 5.74) is 1.23. The molecule has 0 aliphatic rings. The Kier molecular flexibility index (Phi) is 6.45. The first kappa shape index (κ1) is 12.5. The first-order chi connectivity index (χ1) is 7.33. The molecule has 0 bridgehead atoms. The van der Waals surface area contributed by atoms with Crippen LogP contribution in [0.1, 0.15) is 31.7 Å². The first-order valence-electron chi connectivity index (χ1n) is 5.58. The summed E-state index contributed by atoms with van der Waals surface area (Å²) in [5.74, 6) is 0. The smallest absolute Gasteiger partial charge is 0.0716 e. The molecule has 0 amide bonds. The highest BCUT2D eigenvalue weighted by Gasteiger charge is 2.00. The third kappa shape index (κ3) is 5.81. The van der Waals surface area contributed by atoms with E-state index >= 15 is 0 Å². The zero-order valence-corrected chi connectivity index (χ0v) is 10.0. The quantitative estimate of drug-likeness (QED) is 0.505. The maximum atomic E-state index is 6.01. The molecule has 15 heavy (non-hydrogen) atoms. The molecule has 1 rings (SSSR count). The van der Waals surface area contributed by atoms with E-state index in [1.165, 1.54) is 5.56 Å². The predicted octanol–water partition coefficient (Wildman–Crippen LogP) is 4.00. The van der Waals surface area contributed by atoms with Crippen molar-refractivity contribution in [2.24, 2.45) is 0 Å². The molecule has 1 aromatic carbocycles. The van der Waals surface area contributed by atoms with Crippen molar-refractivity contribution in [3.63, 3.8) is 0 Å². The van der Waals surface area contributed by atoms with Crippen molar-refractivity contribution in [1.82, 2.24) is 0 Å². The molecule has 0 saturated heterocycles. The van der Waals surface area contributed by atoms with Crippen molar-refractivity contribution in [1.29, 1.82) is 0 Å². The monoisotopic (exact) mass is 226 g/mol. The molecular formula is C13H19ClO. The zero-order chi connectivity index (χ0) is 10.9. The van der Waals surface area contributed by atoms with Gasteiger partial charge in [-0.1, -0.05) is 37.3 Å². The number of hydrogen-bond acceptors (Lipinski definition) is 1. The molecule has 0 spiro atoms. The highest BCUT2D eigenvalue weighted by molar-refractivity contribution is 6.20. The van der Waals surface area contributed by atoms with Crippen LogP contribution in [0.25, 0.3) is 0 Å². The van der Waals surface area contributed by atoms with Crippen LogP contribution in [-0.2, 0) is 11.3 Å². The predicted molar refractivity (Wildman–Crippen MR) is 65.3 cm³/mol. The molecule has 1 aromatic rings. The summed E-state index contributed by atoms with van der Waals surface area (Å²) in [4.78, 5) is 0. The van der Waals surface area contributed by atoms with Crippen LogP contribution in [0.15, 0.2) is 30.3 Å². The molecule has 2 heteroatoms. The Morgan fingerprint density at radius 3 is 2.67 bits per heavy atom. The van der Waals surface area contributed by atoms with Gasteiger partial charge in [0.15, 0.2) is 0 Å². The molecular weight excluding hydrogens is 208 g/mol. The third-order valence-electron chi connectivity index (χ3n) is 2.36. The van der Waals surface area contributed by atoms with E-state index in [0.29, 0.717) is 12.0 Å². The van der Waals surface area contributed by atoms with Crippen LogP contribution in [0.2, 0.25) is 0 Å². The van der Waals surface area contributed by atoms with Crippen molar-refractivity contribution in [2.45, 2.75) is 38.2 Å². The minimum atomic E-state index is 0.310. The summed E-state index contributed by atoms with van der Waals surface area (Å²) in [6.07, 6.45) is 3.14. The van der Waals surface area contributed by atoms with Gasteiger partial charge in [-0.25, -0.2) is 0 Å². The van der Waals surface area contributed by atoms with Gasteiger partial charge >= 0.3 is 0 Å². The summed E-state index contributed by atoms with van der Waals surface area (Å²) in [6, 6.07) is 10.2. The maximum absolute atomic E-state index is 6.01. The van der Waals surface area contributed by atoms with Crippen LogP contribution < -0.4 is 0 Å². The molecule has 0 saturated carbocycles. The van der Waals surface area contributed by atoms with E-state index in [-0.39, 0.29) is 0 Å². The van der Waals surface area contributed by atoms with Gasteiger partial charge in [-0.15, -0.1) is 11.6 Å². The Bertz CT molecular complexity index is 248. The lowest BCUT2D eigenvalue weighted by molar-refractivity contribution is 0.117. The molecule has 0 heterocycles. The van der Waals surface area contributed by atoms with E-state index in [4.69, 9.17) is 16.3 Å². The van der Waals surface area contributed by atoms with E-state index in [1.54, 1.807) is 0 Å². The second-order valence-corrected chi connectivity index (χ2v) is 4.30. The third-order valence-corrected chi connectivity index (χ3v) is 2.89. The molecule has 0 aliphatic carbocycles. The van der Waals surface area contributed by atoms with Gasteiger partial charge in [-0.3, -0.25) is 0 Å². The van der Waals surface area contributed by atoms with Crippen LogP contribution in [0.4, 0.5) is 0 Å². The van der Waals surface area contributed by atoms with Gasteiger partial charge in [-0.05, 0) is 24.8 Å². The zero-order valence-electron chi connectivity index (χ0n) is 9.29. The molecule has 1 nitrogen and oxygen atoms in total. The normalized spacial score (nSPS) is 12.7. The SMILES string of the molecule is CCC(Cl)CCCOCc1ccccc1. The number of rotatable bonds is 7. The standard InChI is InChI=1S/C13H19ClO/c1-2-13(14)9-6-10-15-11-12-7-4-3-5-8-12/h3-5,7-8,13H,2,6,9-11H2,1H3. The van der Waals surface area contributed by atoms with Gasteiger partial charge in [0.25, 0.3) is 0 Å². The van der Waals surface area contributed by atoms with Crippen molar-refractivity contribution < 1.29 is 4.74 Å². The van der Waals surface area contributed by atoms with E-state index in [2.05, 4.69) is 19.1 Å². The molecule has 1 unspecified atom stereocenters. The van der Waals surface area contributed by atoms with Crippen LogP contribution in [0.5, 0.6) is 0 Å². The van der Waals surface area contributed by atoms with Crippen LogP contribution in [0, 0.1) is 0 Å². The highest BCUT2D eigenvalue weighted by Crippen LogP contribution is 2.09. The van der Waals surface area contributed by atoms with Crippen molar-refractivity contribution >= 4 is 11.6 Å². The van der Waals surface area contributed by atoms with Crippen LogP contribution in [0.3, 0.4) is 0 Å². The summed E-state index contributed by atoms with van der Waals surface area (Å²) in [7, 11) is 0. The van der Waals surface area contributed by atoms with Crippen molar-refractivity contribution in [2.75, 3.05) is 6.61 Å². The lowest BCUT2D eigenvalue weighted by atomic mass is 10.2. The largest absolute Gasteiger partial charge is 0.377 e. The lowest BCUT2D eigenvalue weighted by Crippen LogP contribution is -2.00. The van der Waals surface area contributed by atoms with Crippen molar-refractivity contribution in [3.8, 4) is 0 Å². The number of benzene rings is 1. The van der Waals surface area contributed by atoms with Gasteiger partial charge in [0.05, 0.1) is 6.61 Å². The average Bonchev–Trinajstić information content (AvgIpc) is 2.29. The molecule has 84 valence electrons. The Hall–Kier alpha value is -0.530. The number of ether oxygens (including phenoxy) is 1. The second-order valence-electron chi connectivity index (χ2n) is 3.69. The van der Waals surface area contributed by atoms with Gasteiger partial charge in [-0.2, -0.15) is 0 Å². The van der Waals surface area contributed by atoms with Crippen molar-refractivity contribution in [3.05, 3.63) is 35.9 Å². The first-order valence-corrected chi connectivity index (χ1v) is 6.02. The van der Waals surface area contributed by atoms with Gasteiger partial charge < -0.3 is 4.74 Å². The molecule has 0 N–H and O–H groups in total. The Morgan fingerprint density at radius 1 is 1.27 bits per heavy atom. The fourth-order valence-corrected chi connectivity index (χ4v) is 1.53. The number of halogens is 1. The number of hydrogen-bond donors (Lipinski definition) is 0. The van der Waals surface area contributed by atoms with E-state index in [0.717, 1.165) is 25.9 Å². The molecule has 1 atom stereocenters. The second kappa shape index (κ2) is 7.72. The fraction of sp³-hybridized carbons (Fsp3) is 0.538. The Balaban J connectivity index is 2.03. The number of alkyl halides is 1. The Labute approximate surface area is 97.4 Å². The lowest BCUT2D eigenvalue weighted by Gasteiger charge is -2.06. The Morgan fingerprint density at radius 2 is 2.00 bits per heavy atom. The molecule has 0 fully saturated rings. The minimum Gasteiger partial charge on any atom is -0.377 e. The summed E-state index contributed by atoms with van der Waals surface area (Å²) in [5, 5.41) is 0.310. The summed E-state index contributed by atoms with van der Waals surface area (Å²) >= 11 is 6.01. The minimum absolute atomic E-state index is 0.310. The van der Waals surface area contributed by atoms with E-state index in [9.17, 15) is 0 Å². The van der Waals surface area contributed by atoms with Gasteiger partial charge in [0.1, 0.15) is 0 Å². The molecule has 0 radical (unpaired) electrons. The van der Waals surface area contributed by atoms with Crippen LogP contribution in [-0.4, -0.2) is 12.0 Å². The topological polar surface area (TPSA) is 9.23 Å². The maximum Gasteiger partial charge on any atom is 0.0716 e. The van der Waals surface area contributed by atoms with E-state index in [1.807, 2.05) is 18.2 Å². The fourth-order valence-electron chi connectivity index (χ4n) is 1.38. The van der Waals surface area contributed by atoms with Gasteiger partial charge in [0, 0.05) is 12.0 Å². The van der Waals surface area contributed by atoms with Crippen LogP contribution >= 0.6 is 11.6 Å².